The number of alkyl halides is 1. The van der Waals surface area contributed by atoms with Crippen LogP contribution in [0.15, 0.2) is 18.2 Å². The Balaban J connectivity index is 2.73. The molecule has 0 heterocycles. The van der Waals surface area contributed by atoms with Crippen molar-refractivity contribution in [2.75, 3.05) is 9.74 Å². The van der Waals surface area contributed by atoms with Crippen LogP contribution in [-0.4, -0.2) is 15.6 Å². The minimum absolute atomic E-state index is 0.00337. The second kappa shape index (κ2) is 6.93. The molecule has 0 saturated carbocycles. The van der Waals surface area contributed by atoms with Crippen LogP contribution >= 0.6 is 22.6 Å². The number of anilines is 1. The lowest BCUT2D eigenvalue weighted by atomic mass is 10.1. The molecule has 0 saturated heterocycles. The van der Waals surface area contributed by atoms with Gasteiger partial charge in [-0.3, -0.25) is 10.1 Å². The maximum atomic E-state index is 11.7. The molecule has 1 aromatic rings. The molecule has 2 N–H and O–H groups in total. The summed E-state index contributed by atoms with van der Waals surface area (Å²) in [5.41, 5.74) is 2.64. The standard InChI is InChI=1S/C12H16INO3/c1-8-5-11(4-3-10(8)7-17-16)14-12(15)9(2)6-13/h3-5,9,16H,6-7H2,1-2H3,(H,14,15). The van der Waals surface area contributed by atoms with Gasteiger partial charge in [-0.25, -0.2) is 4.89 Å². The van der Waals surface area contributed by atoms with Crippen molar-refractivity contribution in [3.8, 4) is 0 Å². The first-order valence-corrected chi connectivity index (χ1v) is 6.83. The Kier molecular flexibility index (Phi) is 5.87. The first kappa shape index (κ1) is 14.4. The predicted octanol–water partition coefficient (Wildman–Crippen LogP) is 2.99. The van der Waals surface area contributed by atoms with Crippen LogP contribution in [0, 0.1) is 12.8 Å². The van der Waals surface area contributed by atoms with Crippen LogP contribution in [0.25, 0.3) is 0 Å². The number of amides is 1. The van der Waals surface area contributed by atoms with E-state index in [0.717, 1.165) is 21.2 Å². The van der Waals surface area contributed by atoms with Gasteiger partial charge in [0.2, 0.25) is 5.91 Å². The van der Waals surface area contributed by atoms with E-state index in [9.17, 15) is 4.79 Å². The number of halogens is 1. The number of nitrogens with one attached hydrogen (secondary N) is 1. The topological polar surface area (TPSA) is 58.6 Å². The van der Waals surface area contributed by atoms with Crippen molar-refractivity contribution in [2.45, 2.75) is 20.5 Å². The average Bonchev–Trinajstić information content (AvgIpc) is 2.31. The van der Waals surface area contributed by atoms with Crippen molar-refractivity contribution in [1.82, 2.24) is 0 Å². The third kappa shape index (κ3) is 4.25. The lowest BCUT2D eigenvalue weighted by molar-refractivity contribution is -0.253. The summed E-state index contributed by atoms with van der Waals surface area (Å²) in [7, 11) is 0. The lowest BCUT2D eigenvalue weighted by Crippen LogP contribution is -2.21. The molecule has 94 valence electrons. The molecule has 0 fully saturated rings. The Morgan fingerprint density at radius 3 is 2.82 bits per heavy atom. The smallest absolute Gasteiger partial charge is 0.227 e. The van der Waals surface area contributed by atoms with E-state index >= 15 is 0 Å². The third-order valence-electron chi connectivity index (χ3n) is 2.51. The largest absolute Gasteiger partial charge is 0.326 e. The van der Waals surface area contributed by atoms with E-state index in [1.54, 1.807) is 6.07 Å². The van der Waals surface area contributed by atoms with Gasteiger partial charge in [0.25, 0.3) is 0 Å². The maximum absolute atomic E-state index is 11.7. The van der Waals surface area contributed by atoms with Gasteiger partial charge >= 0.3 is 0 Å². The highest BCUT2D eigenvalue weighted by Crippen LogP contribution is 2.17. The minimum Gasteiger partial charge on any atom is -0.326 e. The second-order valence-electron chi connectivity index (χ2n) is 3.96. The third-order valence-corrected chi connectivity index (χ3v) is 3.83. The predicted molar refractivity (Wildman–Crippen MR) is 75.3 cm³/mol. The van der Waals surface area contributed by atoms with Gasteiger partial charge in [-0.15, -0.1) is 0 Å². The minimum atomic E-state index is -0.00337. The van der Waals surface area contributed by atoms with Crippen LogP contribution in [-0.2, 0) is 16.3 Å². The lowest BCUT2D eigenvalue weighted by Gasteiger charge is -2.11. The van der Waals surface area contributed by atoms with Crippen LogP contribution in [0.1, 0.15) is 18.1 Å². The van der Waals surface area contributed by atoms with E-state index in [1.165, 1.54) is 0 Å². The van der Waals surface area contributed by atoms with Crippen molar-refractivity contribution >= 4 is 34.2 Å². The zero-order valence-corrected chi connectivity index (χ0v) is 12.0. The highest BCUT2D eigenvalue weighted by molar-refractivity contribution is 14.1. The molecule has 1 aromatic carbocycles. The normalized spacial score (nSPS) is 12.2. The summed E-state index contributed by atoms with van der Waals surface area (Å²) in [5, 5.41) is 11.2. The van der Waals surface area contributed by atoms with Gasteiger partial charge in [-0.2, -0.15) is 0 Å². The van der Waals surface area contributed by atoms with E-state index in [0.29, 0.717) is 0 Å². The molecule has 17 heavy (non-hydrogen) atoms. The molecule has 0 aromatic heterocycles. The summed E-state index contributed by atoms with van der Waals surface area (Å²) in [5.74, 6) is 0.0151. The van der Waals surface area contributed by atoms with Crippen LogP contribution in [0.2, 0.25) is 0 Å². The zero-order valence-electron chi connectivity index (χ0n) is 9.87. The summed E-state index contributed by atoms with van der Waals surface area (Å²) in [6.07, 6.45) is 0. The number of benzene rings is 1. The van der Waals surface area contributed by atoms with Crippen LogP contribution in [0.4, 0.5) is 5.69 Å². The van der Waals surface area contributed by atoms with Crippen molar-refractivity contribution in [2.24, 2.45) is 5.92 Å². The number of carbonyl (C=O) groups excluding carboxylic acids is 1. The van der Waals surface area contributed by atoms with Crippen molar-refractivity contribution in [1.29, 1.82) is 0 Å². The summed E-state index contributed by atoms with van der Waals surface area (Å²) >= 11 is 2.19. The Bertz CT molecular complexity index is 395. The quantitative estimate of drug-likeness (QED) is 0.372. The van der Waals surface area contributed by atoms with E-state index in [1.807, 2.05) is 26.0 Å². The molecule has 0 aliphatic carbocycles. The fourth-order valence-electron chi connectivity index (χ4n) is 1.34. The van der Waals surface area contributed by atoms with Crippen LogP contribution in [0.5, 0.6) is 0 Å². The monoisotopic (exact) mass is 349 g/mol. The van der Waals surface area contributed by atoms with Gasteiger partial charge < -0.3 is 5.32 Å². The van der Waals surface area contributed by atoms with Gasteiger partial charge in [0.05, 0.1) is 0 Å². The Labute approximate surface area is 114 Å². The summed E-state index contributed by atoms with van der Waals surface area (Å²) in [4.78, 5) is 15.8. The molecule has 1 amide bonds. The molecule has 0 aliphatic rings. The Hall–Kier alpha value is -0.660. The van der Waals surface area contributed by atoms with Crippen molar-refractivity contribution in [3.05, 3.63) is 29.3 Å². The van der Waals surface area contributed by atoms with E-state index in [4.69, 9.17) is 5.26 Å². The average molecular weight is 349 g/mol. The number of aryl methyl sites for hydroxylation is 1. The van der Waals surface area contributed by atoms with Gasteiger partial charge in [0, 0.05) is 16.0 Å². The molecule has 0 aliphatic heterocycles. The van der Waals surface area contributed by atoms with Crippen molar-refractivity contribution < 1.29 is 14.9 Å². The maximum Gasteiger partial charge on any atom is 0.227 e. The number of hydrogen-bond donors (Lipinski definition) is 2. The van der Waals surface area contributed by atoms with Crippen molar-refractivity contribution in [3.63, 3.8) is 0 Å². The molecule has 1 atom stereocenters. The molecular formula is C12H16INO3. The number of carbonyl (C=O) groups is 1. The van der Waals surface area contributed by atoms with Crippen LogP contribution < -0.4 is 5.32 Å². The SMILES string of the molecule is Cc1cc(NC(=O)C(C)CI)ccc1COO. The van der Waals surface area contributed by atoms with E-state index < -0.39 is 0 Å². The first-order valence-electron chi connectivity index (χ1n) is 5.31. The Morgan fingerprint density at radius 1 is 1.59 bits per heavy atom. The van der Waals surface area contributed by atoms with Gasteiger partial charge in [-0.1, -0.05) is 35.6 Å². The number of rotatable bonds is 5. The molecule has 0 bridgehead atoms. The van der Waals surface area contributed by atoms with Gasteiger partial charge in [0.15, 0.2) is 0 Å². The molecule has 0 spiro atoms. The number of hydrogen-bond acceptors (Lipinski definition) is 3. The molecule has 0 radical (unpaired) electrons. The van der Waals surface area contributed by atoms with Crippen LogP contribution in [0.3, 0.4) is 0 Å². The highest BCUT2D eigenvalue weighted by Gasteiger charge is 2.11. The molecule has 1 unspecified atom stereocenters. The molecule has 4 nitrogen and oxygen atoms in total. The fourth-order valence-corrected chi connectivity index (χ4v) is 1.74. The molecule has 5 heteroatoms. The van der Waals surface area contributed by atoms with E-state index in [-0.39, 0.29) is 18.4 Å². The summed E-state index contributed by atoms with van der Waals surface area (Å²) < 4.78 is 0.791. The summed E-state index contributed by atoms with van der Waals surface area (Å²) in [6, 6.07) is 5.50. The highest BCUT2D eigenvalue weighted by atomic mass is 127. The molecular weight excluding hydrogens is 333 g/mol. The second-order valence-corrected chi connectivity index (χ2v) is 4.84. The van der Waals surface area contributed by atoms with E-state index in [2.05, 4.69) is 32.8 Å². The van der Waals surface area contributed by atoms with Gasteiger partial charge in [-0.05, 0) is 30.2 Å². The fraction of sp³-hybridized carbons (Fsp3) is 0.417. The zero-order chi connectivity index (χ0) is 12.8. The first-order chi connectivity index (χ1) is 8.08. The van der Waals surface area contributed by atoms with Gasteiger partial charge in [0.1, 0.15) is 6.61 Å². The summed E-state index contributed by atoms with van der Waals surface area (Å²) in [6.45, 7) is 3.96. The Morgan fingerprint density at radius 2 is 2.29 bits per heavy atom. The molecule has 1 rings (SSSR count).